The standard InChI is InChI=1S/C16H21BrN4O2.ClH/c1-3-16(18,4-2)9-19-14(22)8-21-10-20-13-6-5-11(17)7-12(13)15(21)23;/h5-7,10H,3-4,8-9,18H2,1-2H3,(H,19,22);1H. The van der Waals surface area contributed by atoms with Crippen molar-refractivity contribution in [2.75, 3.05) is 6.54 Å². The number of hydrogen-bond donors (Lipinski definition) is 2. The highest BCUT2D eigenvalue weighted by molar-refractivity contribution is 9.10. The van der Waals surface area contributed by atoms with Crippen molar-refractivity contribution in [1.29, 1.82) is 0 Å². The lowest BCUT2D eigenvalue weighted by atomic mass is 9.94. The summed E-state index contributed by atoms with van der Waals surface area (Å²) in [4.78, 5) is 28.7. The number of amides is 1. The van der Waals surface area contributed by atoms with E-state index in [0.717, 1.165) is 17.3 Å². The van der Waals surface area contributed by atoms with Gasteiger partial charge in [-0.25, -0.2) is 4.98 Å². The molecular weight excluding hydrogens is 396 g/mol. The van der Waals surface area contributed by atoms with Gasteiger partial charge in [0.05, 0.1) is 17.2 Å². The van der Waals surface area contributed by atoms with Crippen LogP contribution in [0, 0.1) is 0 Å². The number of nitrogens with zero attached hydrogens (tertiary/aromatic N) is 2. The Balaban J connectivity index is 0.00000288. The normalized spacial score (nSPS) is 11.2. The van der Waals surface area contributed by atoms with E-state index in [1.807, 2.05) is 19.9 Å². The molecule has 8 heteroatoms. The molecule has 0 fully saturated rings. The third-order valence-corrected chi connectivity index (χ3v) is 4.64. The summed E-state index contributed by atoms with van der Waals surface area (Å²) in [5.41, 5.74) is 6.11. The molecule has 0 saturated carbocycles. The minimum Gasteiger partial charge on any atom is -0.353 e. The highest BCUT2D eigenvalue weighted by Crippen LogP contribution is 2.14. The molecule has 2 rings (SSSR count). The van der Waals surface area contributed by atoms with Crippen molar-refractivity contribution >= 4 is 45.1 Å². The van der Waals surface area contributed by atoms with Crippen molar-refractivity contribution in [3.8, 4) is 0 Å². The summed E-state index contributed by atoms with van der Waals surface area (Å²) in [6, 6.07) is 5.29. The zero-order valence-electron chi connectivity index (χ0n) is 13.7. The number of hydrogen-bond acceptors (Lipinski definition) is 4. The summed E-state index contributed by atoms with van der Waals surface area (Å²) >= 11 is 3.34. The molecule has 0 bridgehead atoms. The SMILES string of the molecule is CCC(N)(CC)CNC(=O)Cn1cnc2ccc(Br)cc2c1=O.Cl. The van der Waals surface area contributed by atoms with Crippen LogP contribution in [0.3, 0.4) is 0 Å². The fourth-order valence-corrected chi connectivity index (χ4v) is 2.59. The van der Waals surface area contributed by atoms with Crippen LogP contribution in [0.25, 0.3) is 10.9 Å². The van der Waals surface area contributed by atoms with Gasteiger partial charge in [-0.05, 0) is 31.0 Å². The summed E-state index contributed by atoms with van der Waals surface area (Å²) in [6.45, 7) is 4.30. The average molecular weight is 418 g/mol. The predicted octanol–water partition coefficient (Wildman–Crippen LogP) is 2.21. The Morgan fingerprint density at radius 3 is 2.67 bits per heavy atom. The molecule has 0 saturated heterocycles. The second-order valence-electron chi connectivity index (χ2n) is 5.69. The maximum absolute atomic E-state index is 12.4. The molecule has 0 atom stereocenters. The number of aromatic nitrogens is 2. The lowest BCUT2D eigenvalue weighted by Crippen LogP contribution is -2.50. The molecule has 24 heavy (non-hydrogen) atoms. The Morgan fingerprint density at radius 2 is 2.04 bits per heavy atom. The Kier molecular flexibility index (Phi) is 7.38. The van der Waals surface area contributed by atoms with Crippen LogP contribution < -0.4 is 16.6 Å². The number of halogens is 2. The van der Waals surface area contributed by atoms with E-state index in [0.29, 0.717) is 17.4 Å². The molecule has 1 heterocycles. The van der Waals surface area contributed by atoms with Crippen LogP contribution in [0.1, 0.15) is 26.7 Å². The van der Waals surface area contributed by atoms with Crippen LogP contribution in [-0.2, 0) is 11.3 Å². The predicted molar refractivity (Wildman–Crippen MR) is 101 cm³/mol. The van der Waals surface area contributed by atoms with Crippen molar-refractivity contribution < 1.29 is 4.79 Å². The quantitative estimate of drug-likeness (QED) is 0.754. The smallest absolute Gasteiger partial charge is 0.261 e. The molecule has 0 unspecified atom stereocenters. The van der Waals surface area contributed by atoms with E-state index in [1.54, 1.807) is 12.1 Å². The number of rotatable bonds is 6. The number of benzene rings is 1. The Hall–Kier alpha value is -1.44. The van der Waals surface area contributed by atoms with E-state index in [4.69, 9.17) is 5.73 Å². The summed E-state index contributed by atoms with van der Waals surface area (Å²) in [7, 11) is 0. The van der Waals surface area contributed by atoms with Crippen molar-refractivity contribution in [2.24, 2.45) is 5.73 Å². The zero-order valence-corrected chi connectivity index (χ0v) is 16.1. The average Bonchev–Trinajstić information content (AvgIpc) is 2.56. The van der Waals surface area contributed by atoms with Gasteiger partial charge in [0.25, 0.3) is 5.56 Å². The maximum atomic E-state index is 12.4. The summed E-state index contributed by atoms with van der Waals surface area (Å²) < 4.78 is 2.10. The van der Waals surface area contributed by atoms with E-state index >= 15 is 0 Å². The van der Waals surface area contributed by atoms with Crippen LogP contribution >= 0.6 is 28.3 Å². The van der Waals surface area contributed by atoms with Gasteiger partial charge in [0.15, 0.2) is 0 Å². The second-order valence-corrected chi connectivity index (χ2v) is 6.60. The fourth-order valence-electron chi connectivity index (χ4n) is 2.23. The molecule has 0 aliphatic heterocycles. The van der Waals surface area contributed by atoms with Gasteiger partial charge in [0, 0.05) is 16.6 Å². The molecule has 0 spiro atoms. The van der Waals surface area contributed by atoms with E-state index in [9.17, 15) is 9.59 Å². The van der Waals surface area contributed by atoms with Crippen LogP contribution in [0.5, 0.6) is 0 Å². The van der Waals surface area contributed by atoms with E-state index in [2.05, 4.69) is 26.2 Å². The lowest BCUT2D eigenvalue weighted by molar-refractivity contribution is -0.122. The van der Waals surface area contributed by atoms with Gasteiger partial charge in [-0.2, -0.15) is 0 Å². The summed E-state index contributed by atoms with van der Waals surface area (Å²) in [5.74, 6) is -0.250. The number of carbonyl (C=O) groups excluding carboxylic acids is 1. The highest BCUT2D eigenvalue weighted by atomic mass is 79.9. The van der Waals surface area contributed by atoms with E-state index < -0.39 is 5.54 Å². The minimum atomic E-state index is -0.410. The maximum Gasteiger partial charge on any atom is 0.261 e. The van der Waals surface area contributed by atoms with Crippen molar-refractivity contribution in [3.05, 3.63) is 39.4 Å². The van der Waals surface area contributed by atoms with Crippen molar-refractivity contribution in [2.45, 2.75) is 38.8 Å². The topological polar surface area (TPSA) is 90.0 Å². The molecule has 0 aliphatic carbocycles. The van der Waals surface area contributed by atoms with Gasteiger partial charge < -0.3 is 11.1 Å². The van der Waals surface area contributed by atoms with Gasteiger partial charge in [-0.3, -0.25) is 14.2 Å². The van der Waals surface area contributed by atoms with Crippen LogP contribution in [-0.4, -0.2) is 27.5 Å². The number of nitrogens with two attached hydrogens (primary N) is 1. The molecular formula is C16H22BrClN4O2. The monoisotopic (exact) mass is 416 g/mol. The number of carbonyl (C=O) groups is 1. The largest absolute Gasteiger partial charge is 0.353 e. The van der Waals surface area contributed by atoms with E-state index in [1.165, 1.54) is 10.9 Å². The van der Waals surface area contributed by atoms with Gasteiger partial charge in [0.1, 0.15) is 6.54 Å². The molecule has 1 amide bonds. The molecule has 132 valence electrons. The third-order valence-electron chi connectivity index (χ3n) is 4.15. The first kappa shape index (κ1) is 20.6. The number of fused-ring (bicyclic) bond motifs is 1. The van der Waals surface area contributed by atoms with Crippen LogP contribution in [0.4, 0.5) is 0 Å². The van der Waals surface area contributed by atoms with Gasteiger partial charge in [-0.1, -0.05) is 29.8 Å². The van der Waals surface area contributed by atoms with Gasteiger partial charge >= 0.3 is 0 Å². The first-order chi connectivity index (χ1) is 10.9. The number of nitrogens with one attached hydrogen (secondary N) is 1. The fraction of sp³-hybridized carbons (Fsp3) is 0.438. The molecule has 6 nitrogen and oxygen atoms in total. The molecule has 1 aromatic heterocycles. The van der Waals surface area contributed by atoms with Crippen molar-refractivity contribution in [3.63, 3.8) is 0 Å². The Labute approximate surface area is 155 Å². The zero-order chi connectivity index (χ0) is 17.0. The summed E-state index contributed by atoms with van der Waals surface area (Å²) in [6.07, 6.45) is 2.94. The first-order valence-corrected chi connectivity index (χ1v) is 8.38. The van der Waals surface area contributed by atoms with Crippen molar-refractivity contribution in [1.82, 2.24) is 14.9 Å². The summed E-state index contributed by atoms with van der Waals surface area (Å²) in [5, 5.41) is 3.28. The minimum absolute atomic E-state index is 0. The Bertz CT molecular complexity index is 774. The molecule has 2 aromatic rings. The first-order valence-electron chi connectivity index (χ1n) is 7.59. The highest BCUT2D eigenvalue weighted by Gasteiger charge is 2.21. The lowest BCUT2D eigenvalue weighted by Gasteiger charge is -2.26. The third kappa shape index (κ3) is 4.78. The van der Waals surface area contributed by atoms with Crippen LogP contribution in [0.15, 0.2) is 33.8 Å². The van der Waals surface area contributed by atoms with Crippen LogP contribution in [0.2, 0.25) is 0 Å². The molecule has 0 aliphatic rings. The molecule has 3 N–H and O–H groups in total. The molecule has 0 radical (unpaired) electrons. The van der Waals surface area contributed by atoms with E-state index in [-0.39, 0.29) is 30.4 Å². The van der Waals surface area contributed by atoms with Gasteiger partial charge in [0.2, 0.25) is 5.91 Å². The second kappa shape index (κ2) is 8.60. The Morgan fingerprint density at radius 1 is 1.38 bits per heavy atom. The molecule has 1 aromatic carbocycles. The van der Waals surface area contributed by atoms with Gasteiger partial charge in [-0.15, -0.1) is 12.4 Å².